The highest BCUT2D eigenvalue weighted by atomic mass is 16.2. The van der Waals surface area contributed by atoms with E-state index in [9.17, 15) is 9.59 Å². The van der Waals surface area contributed by atoms with Gasteiger partial charge in [0.05, 0.1) is 0 Å². The van der Waals surface area contributed by atoms with E-state index in [1.165, 1.54) is 0 Å². The van der Waals surface area contributed by atoms with Crippen molar-refractivity contribution in [1.29, 1.82) is 0 Å². The van der Waals surface area contributed by atoms with Crippen molar-refractivity contribution in [2.45, 2.75) is 45.2 Å². The van der Waals surface area contributed by atoms with E-state index in [1.54, 1.807) is 0 Å². The van der Waals surface area contributed by atoms with Crippen LogP contribution in [0.25, 0.3) is 0 Å². The van der Waals surface area contributed by atoms with Crippen LogP contribution in [0.5, 0.6) is 0 Å². The average molecular weight is 210 g/mol. The van der Waals surface area contributed by atoms with Crippen LogP contribution < -0.4 is 5.32 Å². The van der Waals surface area contributed by atoms with Crippen LogP contribution in [0.15, 0.2) is 0 Å². The summed E-state index contributed by atoms with van der Waals surface area (Å²) in [5, 5.41) is 2.81. The van der Waals surface area contributed by atoms with Gasteiger partial charge < -0.3 is 10.2 Å². The maximum atomic E-state index is 11.9. The monoisotopic (exact) mass is 210 g/mol. The molecule has 2 amide bonds. The van der Waals surface area contributed by atoms with Gasteiger partial charge in [-0.2, -0.15) is 0 Å². The van der Waals surface area contributed by atoms with E-state index in [2.05, 4.69) is 5.32 Å². The molecule has 84 valence electrons. The fourth-order valence-electron chi connectivity index (χ4n) is 1.92. The molecule has 0 aromatic rings. The Kier molecular flexibility index (Phi) is 2.67. The molecule has 1 N–H and O–H groups in total. The van der Waals surface area contributed by atoms with Gasteiger partial charge in [-0.3, -0.25) is 9.59 Å². The van der Waals surface area contributed by atoms with E-state index in [-0.39, 0.29) is 23.8 Å². The quantitative estimate of drug-likeness (QED) is 0.738. The molecule has 2 aliphatic rings. The second-order valence-electron chi connectivity index (χ2n) is 4.77. The molecule has 15 heavy (non-hydrogen) atoms. The van der Waals surface area contributed by atoms with Gasteiger partial charge in [0, 0.05) is 18.5 Å². The smallest absolute Gasteiger partial charge is 0.245 e. The number of carbonyl (C=O) groups excluding carboxylic acids is 2. The fourth-order valence-corrected chi connectivity index (χ4v) is 1.92. The molecule has 0 radical (unpaired) electrons. The summed E-state index contributed by atoms with van der Waals surface area (Å²) in [6, 6.07) is 0.207. The zero-order valence-electron chi connectivity index (χ0n) is 9.32. The minimum atomic E-state index is -0.263. The summed E-state index contributed by atoms with van der Waals surface area (Å²) < 4.78 is 0. The minimum absolute atomic E-state index is 0.0222. The van der Waals surface area contributed by atoms with E-state index in [4.69, 9.17) is 0 Å². The van der Waals surface area contributed by atoms with Gasteiger partial charge in [0.1, 0.15) is 6.04 Å². The SMILES string of the molecule is CC(C)C(=O)NC1CCN(C2CC2)C1=O. The second kappa shape index (κ2) is 3.83. The zero-order chi connectivity index (χ0) is 11.0. The number of amides is 2. The first-order valence-corrected chi connectivity index (χ1v) is 5.70. The van der Waals surface area contributed by atoms with Gasteiger partial charge in [-0.05, 0) is 19.3 Å². The molecule has 1 aliphatic heterocycles. The van der Waals surface area contributed by atoms with Crippen LogP contribution in [0.1, 0.15) is 33.1 Å². The number of carbonyl (C=O) groups is 2. The molecule has 2 rings (SSSR count). The summed E-state index contributed by atoms with van der Waals surface area (Å²) in [5.41, 5.74) is 0. The fraction of sp³-hybridized carbons (Fsp3) is 0.818. The summed E-state index contributed by atoms with van der Waals surface area (Å²) in [7, 11) is 0. The highest BCUT2D eigenvalue weighted by Crippen LogP contribution is 2.30. The summed E-state index contributed by atoms with van der Waals surface area (Å²) in [6.45, 7) is 4.49. The number of likely N-dealkylation sites (tertiary alicyclic amines) is 1. The third-order valence-electron chi connectivity index (χ3n) is 3.07. The standard InChI is InChI=1S/C11H18N2O2/c1-7(2)10(14)12-9-5-6-13(11(9)15)8-3-4-8/h7-9H,3-6H2,1-2H3,(H,12,14). The average Bonchev–Trinajstić information content (AvgIpc) is 2.95. The van der Waals surface area contributed by atoms with Gasteiger partial charge in [0.15, 0.2) is 0 Å². The number of rotatable bonds is 3. The van der Waals surface area contributed by atoms with Crippen molar-refractivity contribution in [3.8, 4) is 0 Å². The first-order chi connectivity index (χ1) is 7.09. The van der Waals surface area contributed by atoms with Crippen molar-refractivity contribution in [2.24, 2.45) is 5.92 Å². The maximum Gasteiger partial charge on any atom is 0.245 e. The Hall–Kier alpha value is -1.06. The highest BCUT2D eigenvalue weighted by molar-refractivity contribution is 5.90. The van der Waals surface area contributed by atoms with Crippen molar-refractivity contribution in [3.63, 3.8) is 0 Å². The second-order valence-corrected chi connectivity index (χ2v) is 4.77. The first kappa shape index (κ1) is 10.5. The Balaban J connectivity index is 1.89. The minimum Gasteiger partial charge on any atom is -0.344 e. The topological polar surface area (TPSA) is 49.4 Å². The molecule has 0 spiro atoms. The molecular formula is C11H18N2O2. The lowest BCUT2D eigenvalue weighted by Crippen LogP contribution is -2.43. The highest BCUT2D eigenvalue weighted by Gasteiger charge is 2.40. The Morgan fingerprint density at radius 2 is 2.07 bits per heavy atom. The summed E-state index contributed by atoms with van der Waals surface area (Å²) in [6.07, 6.45) is 3.04. The van der Waals surface area contributed by atoms with Crippen LogP contribution in [0.4, 0.5) is 0 Å². The number of nitrogens with zero attached hydrogens (tertiary/aromatic N) is 1. The summed E-state index contributed by atoms with van der Waals surface area (Å²) >= 11 is 0. The molecule has 1 heterocycles. The van der Waals surface area contributed by atoms with Crippen molar-refractivity contribution in [1.82, 2.24) is 10.2 Å². The molecule has 1 unspecified atom stereocenters. The Morgan fingerprint density at radius 3 is 2.60 bits per heavy atom. The van der Waals surface area contributed by atoms with E-state index in [1.807, 2.05) is 18.7 Å². The maximum absolute atomic E-state index is 11.9. The van der Waals surface area contributed by atoms with Crippen LogP contribution in [0.3, 0.4) is 0 Å². The van der Waals surface area contributed by atoms with E-state index in [0.717, 1.165) is 25.8 Å². The molecule has 1 aliphatic carbocycles. The molecule has 0 aromatic carbocycles. The molecule has 0 aromatic heterocycles. The van der Waals surface area contributed by atoms with Crippen LogP contribution in [-0.2, 0) is 9.59 Å². The van der Waals surface area contributed by atoms with Gasteiger partial charge in [-0.25, -0.2) is 0 Å². The van der Waals surface area contributed by atoms with Crippen molar-refractivity contribution < 1.29 is 9.59 Å². The van der Waals surface area contributed by atoms with Crippen LogP contribution in [0, 0.1) is 5.92 Å². The van der Waals surface area contributed by atoms with E-state index < -0.39 is 0 Å². The zero-order valence-corrected chi connectivity index (χ0v) is 9.32. The third-order valence-corrected chi connectivity index (χ3v) is 3.07. The van der Waals surface area contributed by atoms with Gasteiger partial charge in [-0.1, -0.05) is 13.8 Å². The summed E-state index contributed by atoms with van der Waals surface area (Å²) in [4.78, 5) is 25.2. The van der Waals surface area contributed by atoms with Crippen molar-refractivity contribution in [3.05, 3.63) is 0 Å². The van der Waals surface area contributed by atoms with Gasteiger partial charge in [0.2, 0.25) is 11.8 Å². The number of nitrogens with one attached hydrogen (secondary N) is 1. The predicted octanol–water partition coefficient (Wildman–Crippen LogP) is 0.522. The van der Waals surface area contributed by atoms with Gasteiger partial charge in [0.25, 0.3) is 0 Å². The number of hydrogen-bond acceptors (Lipinski definition) is 2. The van der Waals surface area contributed by atoms with Crippen LogP contribution >= 0.6 is 0 Å². The Bertz CT molecular complexity index is 284. The lowest BCUT2D eigenvalue weighted by Gasteiger charge is -2.16. The molecule has 1 atom stereocenters. The van der Waals surface area contributed by atoms with E-state index >= 15 is 0 Å². The van der Waals surface area contributed by atoms with Crippen molar-refractivity contribution in [2.75, 3.05) is 6.54 Å². The molecule has 4 nitrogen and oxygen atoms in total. The molecule has 4 heteroatoms. The van der Waals surface area contributed by atoms with Crippen LogP contribution in [-0.4, -0.2) is 35.3 Å². The lowest BCUT2D eigenvalue weighted by atomic mass is 10.1. The predicted molar refractivity (Wildman–Crippen MR) is 56.1 cm³/mol. The van der Waals surface area contributed by atoms with Crippen molar-refractivity contribution >= 4 is 11.8 Å². The third kappa shape index (κ3) is 2.13. The Labute approximate surface area is 90.0 Å². The Morgan fingerprint density at radius 1 is 1.40 bits per heavy atom. The largest absolute Gasteiger partial charge is 0.344 e. The summed E-state index contributed by atoms with van der Waals surface area (Å²) in [5.74, 6) is 0.0465. The lowest BCUT2D eigenvalue weighted by molar-refractivity contribution is -0.133. The van der Waals surface area contributed by atoms with E-state index in [0.29, 0.717) is 6.04 Å². The molecule has 1 saturated carbocycles. The molecule has 0 bridgehead atoms. The van der Waals surface area contributed by atoms with Gasteiger partial charge in [-0.15, -0.1) is 0 Å². The molecule has 1 saturated heterocycles. The van der Waals surface area contributed by atoms with Gasteiger partial charge >= 0.3 is 0 Å². The van der Waals surface area contributed by atoms with Crippen LogP contribution in [0.2, 0.25) is 0 Å². The molecule has 2 fully saturated rings. The first-order valence-electron chi connectivity index (χ1n) is 5.70. The number of hydrogen-bond donors (Lipinski definition) is 1. The normalized spacial score (nSPS) is 26.2. The molecular weight excluding hydrogens is 192 g/mol.